The standard InChI is InChI=1S/C33H46N4O6/c1-10-20(5)21(6)32(43)35-17-28-22(7)24(13-15-30(40)41)27(37-28)16-26(23(19(3)4)12-14-29(38)39)36-18-33(8,9)25(11-2)31(34)42/h10-11,17,25,36-37H,1-3,12-16,18H2,4-9H3,(H2,34,42)(H,38,39)(H,40,41)/b21-20+,26-23-,35-17?. The number of nitrogens with zero attached hydrogens (tertiary/aromatic N) is 1. The zero-order chi connectivity index (χ0) is 33.1. The molecule has 0 aliphatic carbocycles. The van der Waals surface area contributed by atoms with Gasteiger partial charge in [-0.3, -0.25) is 19.2 Å². The molecule has 234 valence electrons. The highest BCUT2D eigenvalue weighted by Crippen LogP contribution is 2.30. The molecule has 6 N–H and O–H groups in total. The molecule has 1 aromatic rings. The maximum Gasteiger partial charge on any atom is 0.303 e. The molecule has 10 nitrogen and oxygen atoms in total. The summed E-state index contributed by atoms with van der Waals surface area (Å²) < 4.78 is 0. The average molecular weight is 595 g/mol. The van der Waals surface area contributed by atoms with Gasteiger partial charge < -0.3 is 26.2 Å². The lowest BCUT2D eigenvalue weighted by molar-refractivity contribution is -0.138. The summed E-state index contributed by atoms with van der Waals surface area (Å²) in [5.41, 5.74) is 10.9. The van der Waals surface area contributed by atoms with Gasteiger partial charge in [-0.2, -0.15) is 0 Å². The number of amides is 2. The van der Waals surface area contributed by atoms with Gasteiger partial charge in [0, 0.05) is 42.8 Å². The second-order valence-electron chi connectivity index (χ2n) is 11.4. The number of aliphatic carboxylic acids is 2. The minimum atomic E-state index is -0.962. The first-order valence-corrected chi connectivity index (χ1v) is 14.0. The van der Waals surface area contributed by atoms with Crippen LogP contribution in [0.1, 0.15) is 76.4 Å². The lowest BCUT2D eigenvalue weighted by Gasteiger charge is -2.32. The number of nitrogens with two attached hydrogens (primary N) is 1. The van der Waals surface area contributed by atoms with E-state index in [9.17, 15) is 29.4 Å². The number of carbonyl (C=O) groups is 4. The summed E-state index contributed by atoms with van der Waals surface area (Å²) in [7, 11) is 0. The van der Waals surface area contributed by atoms with Crippen molar-refractivity contribution in [1.82, 2.24) is 10.3 Å². The molecule has 1 atom stereocenters. The van der Waals surface area contributed by atoms with Crippen LogP contribution in [0.3, 0.4) is 0 Å². The van der Waals surface area contributed by atoms with Crippen LogP contribution in [0.25, 0.3) is 0 Å². The SMILES string of the molecule is C=C/C(C)=C(\C)C(=O)N=Cc1[nH]c(C/C(NCC(C)(C)C(C=C)C(N)=O)=C(\CCC(=O)O)C(=C)C)c(CCC(=O)O)c1C. The third-order valence-corrected chi connectivity index (χ3v) is 7.59. The second kappa shape index (κ2) is 16.2. The molecule has 0 radical (unpaired) electrons. The Morgan fingerprint density at radius 3 is 2.16 bits per heavy atom. The summed E-state index contributed by atoms with van der Waals surface area (Å²) in [4.78, 5) is 55.0. The van der Waals surface area contributed by atoms with E-state index in [4.69, 9.17) is 5.73 Å². The highest BCUT2D eigenvalue weighted by Gasteiger charge is 2.32. The van der Waals surface area contributed by atoms with Crippen LogP contribution in [0.15, 0.2) is 64.9 Å². The molecule has 0 aliphatic heterocycles. The summed E-state index contributed by atoms with van der Waals surface area (Å²) in [5, 5.41) is 22.2. The van der Waals surface area contributed by atoms with Crippen LogP contribution in [0.2, 0.25) is 0 Å². The van der Waals surface area contributed by atoms with Gasteiger partial charge in [0.15, 0.2) is 0 Å². The highest BCUT2D eigenvalue weighted by atomic mass is 16.4. The summed E-state index contributed by atoms with van der Waals surface area (Å²) >= 11 is 0. The largest absolute Gasteiger partial charge is 0.481 e. The van der Waals surface area contributed by atoms with Crippen molar-refractivity contribution >= 4 is 30.0 Å². The van der Waals surface area contributed by atoms with Crippen molar-refractivity contribution in [2.45, 2.75) is 73.6 Å². The Kier molecular flexibility index (Phi) is 13.8. The van der Waals surface area contributed by atoms with E-state index < -0.39 is 35.1 Å². The maximum absolute atomic E-state index is 12.6. The van der Waals surface area contributed by atoms with Crippen molar-refractivity contribution in [2.24, 2.45) is 22.1 Å². The van der Waals surface area contributed by atoms with Crippen molar-refractivity contribution in [3.63, 3.8) is 0 Å². The number of allylic oxidation sites excluding steroid dienone is 5. The van der Waals surface area contributed by atoms with Gasteiger partial charge in [0.2, 0.25) is 5.91 Å². The minimum Gasteiger partial charge on any atom is -0.481 e. The summed E-state index contributed by atoms with van der Waals surface area (Å²) in [5.74, 6) is -3.49. The monoisotopic (exact) mass is 594 g/mol. The fourth-order valence-electron chi connectivity index (χ4n) is 4.68. The fourth-order valence-corrected chi connectivity index (χ4v) is 4.68. The molecule has 0 saturated carbocycles. The number of hydrogen-bond donors (Lipinski definition) is 5. The molecule has 0 saturated heterocycles. The number of rotatable bonds is 18. The van der Waals surface area contributed by atoms with E-state index in [0.717, 1.165) is 11.1 Å². The smallest absolute Gasteiger partial charge is 0.303 e. The average Bonchev–Trinajstić information content (AvgIpc) is 3.21. The van der Waals surface area contributed by atoms with E-state index in [-0.39, 0.29) is 32.1 Å². The zero-order valence-electron chi connectivity index (χ0n) is 26.2. The molecule has 1 rings (SSSR count). The van der Waals surface area contributed by atoms with E-state index in [1.54, 1.807) is 26.8 Å². The molecule has 0 aliphatic rings. The molecule has 2 amide bonds. The number of aliphatic imine (C=N–C) groups is 1. The Bertz CT molecular complexity index is 1370. The number of primary amides is 1. The van der Waals surface area contributed by atoms with Crippen LogP contribution < -0.4 is 11.1 Å². The Balaban J connectivity index is 3.72. The van der Waals surface area contributed by atoms with E-state index in [1.807, 2.05) is 20.8 Å². The van der Waals surface area contributed by atoms with Gasteiger partial charge in [-0.05, 0) is 68.2 Å². The van der Waals surface area contributed by atoms with Gasteiger partial charge >= 0.3 is 11.9 Å². The second-order valence-corrected chi connectivity index (χ2v) is 11.4. The molecular formula is C33H46N4O6. The van der Waals surface area contributed by atoms with Crippen LogP contribution in [-0.4, -0.2) is 51.7 Å². The maximum atomic E-state index is 12.6. The highest BCUT2D eigenvalue weighted by molar-refractivity contribution is 6.01. The topological polar surface area (TPSA) is 175 Å². The first-order valence-electron chi connectivity index (χ1n) is 14.0. The molecule has 1 unspecified atom stereocenters. The Hall–Kier alpha value is -4.47. The molecule has 0 bridgehead atoms. The van der Waals surface area contributed by atoms with Crippen LogP contribution >= 0.6 is 0 Å². The van der Waals surface area contributed by atoms with Crippen LogP contribution in [0, 0.1) is 18.3 Å². The Morgan fingerprint density at radius 2 is 1.67 bits per heavy atom. The molecule has 0 fully saturated rings. The predicted octanol–water partition coefficient (Wildman–Crippen LogP) is 4.95. The van der Waals surface area contributed by atoms with E-state index in [2.05, 4.69) is 35.0 Å². The van der Waals surface area contributed by atoms with E-state index >= 15 is 0 Å². The number of carboxylic acid groups (broad SMARTS) is 2. The predicted molar refractivity (Wildman–Crippen MR) is 170 cm³/mol. The third kappa shape index (κ3) is 10.7. The first kappa shape index (κ1) is 36.6. The lowest BCUT2D eigenvalue weighted by atomic mass is 9.78. The van der Waals surface area contributed by atoms with Crippen molar-refractivity contribution < 1.29 is 29.4 Å². The minimum absolute atomic E-state index is 0.118. The summed E-state index contributed by atoms with van der Waals surface area (Å²) in [6.45, 7) is 22.6. The van der Waals surface area contributed by atoms with Crippen LogP contribution in [0.5, 0.6) is 0 Å². The number of carboxylic acids is 2. The Labute approximate surface area is 254 Å². The van der Waals surface area contributed by atoms with Gasteiger partial charge in [0.25, 0.3) is 5.91 Å². The number of aromatic nitrogens is 1. The fraction of sp³-hybridized carbons (Fsp3) is 0.424. The van der Waals surface area contributed by atoms with Crippen LogP contribution in [-0.2, 0) is 32.0 Å². The Morgan fingerprint density at radius 1 is 1.07 bits per heavy atom. The van der Waals surface area contributed by atoms with Gasteiger partial charge in [0.05, 0.1) is 17.8 Å². The first-order chi connectivity index (χ1) is 20.0. The zero-order valence-corrected chi connectivity index (χ0v) is 26.2. The van der Waals surface area contributed by atoms with Crippen LogP contribution in [0.4, 0.5) is 0 Å². The molecule has 43 heavy (non-hydrogen) atoms. The molecule has 0 spiro atoms. The normalized spacial score (nSPS) is 13.5. The molecule has 10 heteroatoms. The quantitative estimate of drug-likeness (QED) is 0.0691. The number of aromatic amines is 1. The van der Waals surface area contributed by atoms with Gasteiger partial charge in [0.1, 0.15) is 0 Å². The third-order valence-electron chi connectivity index (χ3n) is 7.59. The van der Waals surface area contributed by atoms with Gasteiger partial charge in [-0.25, -0.2) is 4.99 Å². The molecule has 0 aromatic carbocycles. The van der Waals surface area contributed by atoms with Crippen molar-refractivity contribution in [3.05, 3.63) is 82.4 Å². The molecule has 1 heterocycles. The molecule has 1 aromatic heterocycles. The van der Waals surface area contributed by atoms with E-state index in [1.165, 1.54) is 12.3 Å². The van der Waals surface area contributed by atoms with Crippen molar-refractivity contribution in [2.75, 3.05) is 6.54 Å². The number of hydrogen-bond acceptors (Lipinski definition) is 5. The van der Waals surface area contributed by atoms with Crippen molar-refractivity contribution in [3.8, 4) is 0 Å². The number of nitrogens with one attached hydrogen (secondary N) is 2. The van der Waals surface area contributed by atoms with Gasteiger partial charge in [-0.15, -0.1) is 6.58 Å². The summed E-state index contributed by atoms with van der Waals surface area (Å²) in [6.07, 6.45) is 4.95. The van der Waals surface area contributed by atoms with Crippen molar-refractivity contribution in [1.29, 1.82) is 0 Å². The van der Waals surface area contributed by atoms with Gasteiger partial charge in [-0.1, -0.05) is 44.7 Å². The number of carbonyl (C=O) groups excluding carboxylic acids is 2. The summed E-state index contributed by atoms with van der Waals surface area (Å²) in [6, 6.07) is 0. The van der Waals surface area contributed by atoms with E-state index in [0.29, 0.717) is 45.9 Å². The lowest BCUT2D eigenvalue weighted by Crippen LogP contribution is -2.41. The number of H-pyrrole nitrogens is 1. The molecular weight excluding hydrogens is 548 g/mol.